The van der Waals surface area contributed by atoms with Gasteiger partial charge >= 0.3 is 0 Å². The Morgan fingerprint density at radius 3 is 2.40 bits per heavy atom. The molecule has 0 saturated heterocycles. The van der Waals surface area contributed by atoms with Crippen molar-refractivity contribution in [3.05, 3.63) is 34.3 Å². The van der Waals surface area contributed by atoms with Crippen molar-refractivity contribution in [1.29, 1.82) is 0 Å². The third-order valence-corrected chi connectivity index (χ3v) is 3.11. The minimum Gasteiger partial charge on any atom is -0.382 e. The van der Waals surface area contributed by atoms with E-state index in [9.17, 15) is 0 Å². The molecule has 0 aromatic heterocycles. The highest BCUT2D eigenvalue weighted by atomic mass is 79.9. The van der Waals surface area contributed by atoms with Gasteiger partial charge in [-0.05, 0) is 17.7 Å². The molecule has 4 heteroatoms. The van der Waals surface area contributed by atoms with E-state index >= 15 is 0 Å². The van der Waals surface area contributed by atoms with Gasteiger partial charge < -0.3 is 9.47 Å². The third kappa shape index (κ3) is 4.64. The van der Waals surface area contributed by atoms with Gasteiger partial charge in [-0.2, -0.15) is 0 Å². The van der Waals surface area contributed by atoms with Crippen molar-refractivity contribution >= 4 is 31.9 Å². The number of rotatable bonds is 6. The summed E-state index contributed by atoms with van der Waals surface area (Å²) < 4.78 is 11.7. The van der Waals surface area contributed by atoms with Crippen LogP contribution in [0, 0.1) is 0 Å². The lowest BCUT2D eigenvalue weighted by atomic mass is 10.1. The van der Waals surface area contributed by atoms with E-state index in [0.717, 1.165) is 9.80 Å². The standard InChI is InChI=1S/C11H14Br2O2/c1-14-6-7-15-11(8-12)9-2-4-10(13)5-3-9/h2-5,11H,6-8H2,1H3. The predicted molar refractivity (Wildman–Crippen MR) is 68.5 cm³/mol. The van der Waals surface area contributed by atoms with Crippen molar-refractivity contribution in [2.75, 3.05) is 25.7 Å². The van der Waals surface area contributed by atoms with Crippen molar-refractivity contribution in [2.24, 2.45) is 0 Å². The van der Waals surface area contributed by atoms with Gasteiger partial charge in [0.2, 0.25) is 0 Å². The highest BCUT2D eigenvalue weighted by Gasteiger charge is 2.09. The van der Waals surface area contributed by atoms with Gasteiger partial charge in [0.05, 0.1) is 19.3 Å². The van der Waals surface area contributed by atoms with E-state index in [0.29, 0.717) is 13.2 Å². The Balaban J connectivity index is 2.53. The number of benzene rings is 1. The Hall–Kier alpha value is 0.1000. The average Bonchev–Trinajstić information content (AvgIpc) is 2.26. The van der Waals surface area contributed by atoms with Crippen LogP contribution in [0.2, 0.25) is 0 Å². The summed E-state index contributed by atoms with van der Waals surface area (Å²) in [5.74, 6) is 0. The van der Waals surface area contributed by atoms with Gasteiger partial charge in [-0.15, -0.1) is 0 Å². The fourth-order valence-electron chi connectivity index (χ4n) is 1.18. The van der Waals surface area contributed by atoms with Crippen LogP contribution in [-0.2, 0) is 9.47 Å². The number of hydrogen-bond acceptors (Lipinski definition) is 2. The van der Waals surface area contributed by atoms with Crippen molar-refractivity contribution in [1.82, 2.24) is 0 Å². The van der Waals surface area contributed by atoms with Gasteiger partial charge in [0.1, 0.15) is 0 Å². The largest absolute Gasteiger partial charge is 0.382 e. The number of hydrogen-bond donors (Lipinski definition) is 0. The summed E-state index contributed by atoms with van der Waals surface area (Å²) in [4.78, 5) is 0. The van der Waals surface area contributed by atoms with Crippen molar-refractivity contribution in [3.63, 3.8) is 0 Å². The minimum absolute atomic E-state index is 0.0910. The molecule has 0 aliphatic rings. The second-order valence-electron chi connectivity index (χ2n) is 3.06. The lowest BCUT2D eigenvalue weighted by molar-refractivity contribution is 0.0284. The number of halogens is 2. The molecule has 15 heavy (non-hydrogen) atoms. The molecule has 84 valence electrons. The summed E-state index contributed by atoms with van der Waals surface area (Å²) in [5.41, 5.74) is 1.17. The summed E-state index contributed by atoms with van der Waals surface area (Å²) in [6, 6.07) is 8.15. The number of ether oxygens (including phenoxy) is 2. The fraction of sp³-hybridized carbons (Fsp3) is 0.455. The van der Waals surface area contributed by atoms with E-state index in [1.54, 1.807) is 7.11 Å². The van der Waals surface area contributed by atoms with E-state index in [4.69, 9.17) is 9.47 Å². The van der Waals surface area contributed by atoms with Gasteiger partial charge in [0.25, 0.3) is 0 Å². The molecule has 0 heterocycles. The topological polar surface area (TPSA) is 18.5 Å². The zero-order valence-electron chi connectivity index (χ0n) is 8.58. The Kier molecular flexibility index (Phi) is 6.48. The van der Waals surface area contributed by atoms with Crippen LogP contribution in [-0.4, -0.2) is 25.7 Å². The smallest absolute Gasteiger partial charge is 0.0922 e. The first-order chi connectivity index (χ1) is 7.27. The van der Waals surface area contributed by atoms with Gasteiger partial charge in [0, 0.05) is 16.9 Å². The lowest BCUT2D eigenvalue weighted by Gasteiger charge is -2.15. The molecule has 1 unspecified atom stereocenters. The molecule has 0 bridgehead atoms. The summed E-state index contributed by atoms with van der Waals surface area (Å²) in [6.45, 7) is 1.24. The molecule has 0 N–H and O–H groups in total. The van der Waals surface area contributed by atoms with E-state index in [1.807, 2.05) is 12.1 Å². The first-order valence-electron chi connectivity index (χ1n) is 4.70. The molecule has 0 saturated carbocycles. The van der Waals surface area contributed by atoms with Crippen LogP contribution in [0.3, 0.4) is 0 Å². The molecular formula is C11H14Br2O2. The van der Waals surface area contributed by atoms with E-state index < -0.39 is 0 Å². The van der Waals surface area contributed by atoms with Crippen LogP contribution in [0.4, 0.5) is 0 Å². The maximum absolute atomic E-state index is 5.67. The van der Waals surface area contributed by atoms with Crippen molar-refractivity contribution in [3.8, 4) is 0 Å². The Morgan fingerprint density at radius 2 is 1.87 bits per heavy atom. The number of alkyl halides is 1. The average molecular weight is 338 g/mol. The zero-order valence-corrected chi connectivity index (χ0v) is 11.8. The summed E-state index contributed by atoms with van der Waals surface area (Å²) >= 11 is 6.85. The second kappa shape index (κ2) is 7.39. The Bertz CT molecular complexity index is 274. The molecule has 1 aromatic carbocycles. The summed E-state index contributed by atoms with van der Waals surface area (Å²) in [5, 5.41) is 0.790. The maximum Gasteiger partial charge on any atom is 0.0922 e. The van der Waals surface area contributed by atoms with Crippen LogP contribution < -0.4 is 0 Å². The SMILES string of the molecule is COCCOC(CBr)c1ccc(Br)cc1. The van der Waals surface area contributed by atoms with Crippen LogP contribution in [0.25, 0.3) is 0 Å². The second-order valence-corrected chi connectivity index (χ2v) is 4.62. The third-order valence-electron chi connectivity index (χ3n) is 1.99. The van der Waals surface area contributed by atoms with Crippen LogP contribution in [0.5, 0.6) is 0 Å². The molecule has 0 amide bonds. The normalized spacial score (nSPS) is 12.7. The summed E-state index contributed by atoms with van der Waals surface area (Å²) in [6.07, 6.45) is 0.0910. The molecule has 0 radical (unpaired) electrons. The molecular weight excluding hydrogens is 324 g/mol. The highest BCUT2D eigenvalue weighted by molar-refractivity contribution is 9.10. The Morgan fingerprint density at radius 1 is 1.20 bits per heavy atom. The van der Waals surface area contributed by atoms with Gasteiger partial charge in [-0.1, -0.05) is 44.0 Å². The van der Waals surface area contributed by atoms with E-state index in [1.165, 1.54) is 5.56 Å². The van der Waals surface area contributed by atoms with Crippen LogP contribution >= 0.6 is 31.9 Å². The maximum atomic E-state index is 5.67. The number of methoxy groups -OCH3 is 1. The van der Waals surface area contributed by atoms with Crippen molar-refractivity contribution in [2.45, 2.75) is 6.10 Å². The Labute approximate surface area is 107 Å². The zero-order chi connectivity index (χ0) is 11.1. The first kappa shape index (κ1) is 13.2. The van der Waals surface area contributed by atoms with Crippen LogP contribution in [0.1, 0.15) is 11.7 Å². The van der Waals surface area contributed by atoms with Crippen molar-refractivity contribution < 1.29 is 9.47 Å². The molecule has 1 rings (SSSR count). The predicted octanol–water partition coefficient (Wildman–Crippen LogP) is 3.55. The van der Waals surface area contributed by atoms with Gasteiger partial charge in [-0.3, -0.25) is 0 Å². The molecule has 0 fully saturated rings. The fourth-order valence-corrected chi connectivity index (χ4v) is 2.01. The minimum atomic E-state index is 0.0910. The molecule has 0 aliphatic heterocycles. The summed E-state index contributed by atoms with van der Waals surface area (Å²) in [7, 11) is 1.67. The highest BCUT2D eigenvalue weighted by Crippen LogP contribution is 2.21. The van der Waals surface area contributed by atoms with E-state index in [2.05, 4.69) is 44.0 Å². The lowest BCUT2D eigenvalue weighted by Crippen LogP contribution is -2.10. The van der Waals surface area contributed by atoms with E-state index in [-0.39, 0.29) is 6.10 Å². The van der Waals surface area contributed by atoms with Crippen LogP contribution in [0.15, 0.2) is 28.7 Å². The molecule has 1 aromatic rings. The molecule has 0 spiro atoms. The van der Waals surface area contributed by atoms with Gasteiger partial charge in [-0.25, -0.2) is 0 Å². The molecule has 1 atom stereocenters. The quantitative estimate of drug-likeness (QED) is 0.584. The molecule has 2 nitrogen and oxygen atoms in total. The first-order valence-corrected chi connectivity index (χ1v) is 6.61. The van der Waals surface area contributed by atoms with Gasteiger partial charge in [0.15, 0.2) is 0 Å². The monoisotopic (exact) mass is 336 g/mol. The molecule has 0 aliphatic carbocycles.